The first-order valence-corrected chi connectivity index (χ1v) is 16.2. The summed E-state index contributed by atoms with van der Waals surface area (Å²) in [5.41, 5.74) is 9.14. The van der Waals surface area contributed by atoms with Gasteiger partial charge >= 0.3 is 7.25 Å². The number of hydrogen-bond acceptors (Lipinski definition) is 2. The van der Waals surface area contributed by atoms with Crippen molar-refractivity contribution in [2.45, 2.75) is 20.1 Å². The number of aryl methyl sites for hydroxylation is 1. The summed E-state index contributed by atoms with van der Waals surface area (Å²) in [4.78, 5) is 0. The van der Waals surface area contributed by atoms with Gasteiger partial charge in [0, 0.05) is 28.5 Å². The SMILES string of the molecule is Cc1ccc(-[n+]2cc3ccccc3c(-c3ccc(OCc4ccccc4)cc3)c2-c2ccc(OCc3ccccc3)cc2)cc1.F[B-](F)(F)F. The maximum absolute atomic E-state index is 9.75. The summed E-state index contributed by atoms with van der Waals surface area (Å²) >= 11 is 0. The van der Waals surface area contributed by atoms with E-state index in [0.29, 0.717) is 13.2 Å². The summed E-state index contributed by atoms with van der Waals surface area (Å²) in [5.74, 6) is 1.68. The number of aromatic nitrogens is 1. The van der Waals surface area contributed by atoms with Crippen LogP contribution in [0.15, 0.2) is 164 Å². The fourth-order valence-electron chi connectivity index (χ4n) is 5.68. The Hall–Kier alpha value is -5.89. The first kappa shape index (κ1) is 34.0. The third kappa shape index (κ3) is 8.96. The number of nitrogens with zero attached hydrogens (tertiary/aromatic N) is 1. The molecule has 7 aromatic rings. The Balaban J connectivity index is 0.000000808. The van der Waals surface area contributed by atoms with Gasteiger partial charge in [-0.3, -0.25) is 0 Å². The van der Waals surface area contributed by atoms with Gasteiger partial charge in [-0.15, -0.1) is 0 Å². The normalized spacial score (nSPS) is 11.1. The van der Waals surface area contributed by atoms with E-state index in [-0.39, 0.29) is 0 Å². The summed E-state index contributed by atoms with van der Waals surface area (Å²) in [6, 6.07) is 54.8. The Bertz CT molecular complexity index is 2130. The van der Waals surface area contributed by atoms with Gasteiger partial charge in [-0.1, -0.05) is 109 Å². The second kappa shape index (κ2) is 15.6. The van der Waals surface area contributed by atoms with Gasteiger partial charge in [-0.25, -0.2) is 0 Å². The minimum absolute atomic E-state index is 0.531. The number of ether oxygens (including phenoxy) is 2. The first-order valence-electron chi connectivity index (χ1n) is 16.2. The van der Waals surface area contributed by atoms with Crippen LogP contribution < -0.4 is 14.0 Å². The summed E-state index contributed by atoms with van der Waals surface area (Å²) in [6.07, 6.45) is 2.25. The molecule has 0 atom stereocenters. The van der Waals surface area contributed by atoms with Gasteiger partial charge in [-0.05, 0) is 66.1 Å². The summed E-state index contributed by atoms with van der Waals surface area (Å²) in [7, 11) is -6.00. The molecular weight excluding hydrogens is 637 g/mol. The quantitative estimate of drug-likeness (QED) is 0.0866. The van der Waals surface area contributed by atoms with Crippen LogP contribution in [-0.2, 0) is 13.2 Å². The van der Waals surface area contributed by atoms with Crippen molar-refractivity contribution in [1.29, 1.82) is 0 Å². The summed E-state index contributed by atoms with van der Waals surface area (Å²) in [6.45, 7) is 3.19. The highest BCUT2D eigenvalue weighted by molar-refractivity contribution is 6.50. The Kier molecular flexibility index (Phi) is 10.6. The van der Waals surface area contributed by atoms with E-state index >= 15 is 0 Å². The van der Waals surface area contributed by atoms with Crippen LogP contribution in [0.3, 0.4) is 0 Å². The molecule has 6 aromatic carbocycles. The average molecular weight is 672 g/mol. The Morgan fingerprint density at radius 3 is 1.50 bits per heavy atom. The lowest BCUT2D eigenvalue weighted by Gasteiger charge is -2.15. The molecule has 8 heteroatoms. The summed E-state index contributed by atoms with van der Waals surface area (Å²) < 4.78 is 53.6. The highest BCUT2D eigenvalue weighted by atomic mass is 19.5. The largest absolute Gasteiger partial charge is 0.673 e. The predicted octanol–water partition coefficient (Wildman–Crippen LogP) is 11.2. The van der Waals surface area contributed by atoms with Crippen LogP contribution in [-0.4, -0.2) is 7.25 Å². The molecule has 0 radical (unpaired) electrons. The molecule has 1 heterocycles. The van der Waals surface area contributed by atoms with E-state index in [1.54, 1.807) is 0 Å². The van der Waals surface area contributed by atoms with E-state index in [1.165, 1.54) is 21.9 Å². The number of fused-ring (bicyclic) bond motifs is 1. The van der Waals surface area contributed by atoms with Gasteiger partial charge in [0.1, 0.15) is 24.7 Å². The van der Waals surface area contributed by atoms with Crippen molar-refractivity contribution in [3.05, 3.63) is 181 Å². The van der Waals surface area contributed by atoms with Crippen LogP contribution >= 0.6 is 0 Å². The molecule has 1 aromatic heterocycles. The maximum atomic E-state index is 9.75. The van der Waals surface area contributed by atoms with Crippen molar-refractivity contribution < 1.29 is 31.3 Å². The molecule has 3 nitrogen and oxygen atoms in total. The van der Waals surface area contributed by atoms with E-state index in [2.05, 4.69) is 139 Å². The lowest BCUT2D eigenvalue weighted by atomic mass is 9.93. The van der Waals surface area contributed by atoms with Crippen LogP contribution in [0.4, 0.5) is 17.3 Å². The van der Waals surface area contributed by atoms with Crippen molar-refractivity contribution in [2.75, 3.05) is 0 Å². The third-order valence-electron chi connectivity index (χ3n) is 8.06. The van der Waals surface area contributed by atoms with E-state index in [0.717, 1.165) is 45.1 Å². The molecule has 0 N–H and O–H groups in total. The number of halogens is 4. The molecule has 7 rings (SSSR count). The van der Waals surface area contributed by atoms with Crippen LogP contribution in [0, 0.1) is 6.92 Å². The van der Waals surface area contributed by atoms with E-state index in [9.17, 15) is 17.3 Å². The molecule has 0 amide bonds. The maximum Gasteiger partial charge on any atom is 0.673 e. The molecule has 0 bridgehead atoms. The number of rotatable bonds is 9. The molecule has 250 valence electrons. The van der Waals surface area contributed by atoms with Gasteiger partial charge in [0.2, 0.25) is 11.4 Å². The molecule has 0 aliphatic carbocycles. The lowest BCUT2D eigenvalue weighted by Crippen LogP contribution is -2.34. The topological polar surface area (TPSA) is 22.3 Å². The Morgan fingerprint density at radius 2 is 0.980 bits per heavy atom. The minimum Gasteiger partial charge on any atom is -0.489 e. The van der Waals surface area contributed by atoms with Crippen molar-refractivity contribution in [2.24, 2.45) is 0 Å². The number of benzene rings is 6. The molecule has 0 aliphatic rings. The highest BCUT2D eigenvalue weighted by Crippen LogP contribution is 2.38. The molecule has 0 saturated heterocycles. The molecule has 50 heavy (non-hydrogen) atoms. The zero-order valence-corrected chi connectivity index (χ0v) is 27.4. The van der Waals surface area contributed by atoms with E-state index < -0.39 is 7.25 Å². The van der Waals surface area contributed by atoms with Crippen molar-refractivity contribution in [3.8, 4) is 39.6 Å². The van der Waals surface area contributed by atoms with Gasteiger partial charge < -0.3 is 26.7 Å². The Morgan fingerprint density at radius 1 is 0.520 bits per heavy atom. The molecule has 0 aliphatic heterocycles. The fourth-order valence-corrected chi connectivity index (χ4v) is 5.68. The van der Waals surface area contributed by atoms with Crippen LogP contribution in [0.5, 0.6) is 11.5 Å². The predicted molar refractivity (Wildman–Crippen MR) is 193 cm³/mol. The smallest absolute Gasteiger partial charge is 0.489 e. The fraction of sp³-hybridized carbons (Fsp3) is 0.0714. The van der Waals surface area contributed by atoms with E-state index in [1.807, 2.05) is 36.4 Å². The standard InChI is InChI=1S/C42H34NO2.BF4/c1-31-16-22-37(23-17-31)43-28-36-14-8-9-15-40(36)41(34-18-24-38(25-19-34)44-29-32-10-4-2-5-11-32)42(43)35-20-26-39(27-21-35)45-30-33-12-6-3-7-13-33;2-1(3,4)5/h2-28H,29-30H2,1H3;/q+1;-1. The molecule has 0 unspecified atom stereocenters. The van der Waals surface area contributed by atoms with Gasteiger partial charge in [0.25, 0.3) is 0 Å². The van der Waals surface area contributed by atoms with Crippen molar-refractivity contribution >= 4 is 18.0 Å². The van der Waals surface area contributed by atoms with Gasteiger partial charge in [-0.2, -0.15) is 4.57 Å². The third-order valence-corrected chi connectivity index (χ3v) is 8.06. The van der Waals surface area contributed by atoms with Crippen molar-refractivity contribution in [3.63, 3.8) is 0 Å². The first-order chi connectivity index (χ1) is 24.2. The second-order valence-electron chi connectivity index (χ2n) is 11.7. The molecule has 0 spiro atoms. The van der Waals surface area contributed by atoms with Crippen LogP contribution in [0.2, 0.25) is 0 Å². The Labute approximate surface area is 289 Å². The zero-order chi connectivity index (χ0) is 34.9. The zero-order valence-electron chi connectivity index (χ0n) is 27.4. The lowest BCUT2D eigenvalue weighted by molar-refractivity contribution is -0.581. The molecule has 0 saturated carbocycles. The number of hydrogen-bond donors (Lipinski definition) is 0. The summed E-state index contributed by atoms with van der Waals surface area (Å²) in [5, 5.41) is 2.36. The van der Waals surface area contributed by atoms with Crippen LogP contribution in [0.25, 0.3) is 38.8 Å². The second-order valence-corrected chi connectivity index (χ2v) is 11.7. The molecular formula is C42H34BF4NO2. The number of pyridine rings is 1. The van der Waals surface area contributed by atoms with Crippen LogP contribution in [0.1, 0.15) is 16.7 Å². The minimum atomic E-state index is -6.00. The van der Waals surface area contributed by atoms with Gasteiger partial charge in [0.15, 0.2) is 6.20 Å². The highest BCUT2D eigenvalue weighted by Gasteiger charge is 2.25. The molecule has 0 fully saturated rings. The average Bonchev–Trinajstić information content (AvgIpc) is 3.13. The van der Waals surface area contributed by atoms with E-state index in [4.69, 9.17) is 9.47 Å². The van der Waals surface area contributed by atoms with Gasteiger partial charge in [0.05, 0.1) is 5.56 Å². The monoisotopic (exact) mass is 671 g/mol. The van der Waals surface area contributed by atoms with Crippen molar-refractivity contribution in [1.82, 2.24) is 0 Å².